The van der Waals surface area contributed by atoms with Crippen LogP contribution in [0.25, 0.3) is 0 Å². The van der Waals surface area contributed by atoms with Crippen molar-refractivity contribution in [3.63, 3.8) is 0 Å². The zero-order valence-electron chi connectivity index (χ0n) is 11.4. The second kappa shape index (κ2) is 5.37. The number of aromatic nitrogens is 2. The van der Waals surface area contributed by atoms with Gasteiger partial charge in [-0.1, -0.05) is 39.3 Å². The van der Waals surface area contributed by atoms with Gasteiger partial charge in [-0.2, -0.15) is 0 Å². The SMILES string of the molecule is C[Si](C)(C)N(c1ccnc(=O)[nH]1)[Si](C)(C)C.Cl. The highest BCUT2D eigenvalue weighted by atomic mass is 35.5. The number of halogens is 1. The minimum atomic E-state index is -1.49. The largest absolute Gasteiger partial charge is 0.411 e. The molecule has 0 fully saturated rings. The molecule has 1 heterocycles. The molecule has 0 aliphatic rings. The predicted molar refractivity (Wildman–Crippen MR) is 81.3 cm³/mol. The molecule has 0 saturated heterocycles. The quantitative estimate of drug-likeness (QED) is 0.871. The lowest BCUT2D eigenvalue weighted by Crippen LogP contribution is -2.60. The molecule has 1 aromatic rings. The van der Waals surface area contributed by atoms with Gasteiger partial charge in [0.15, 0.2) is 0 Å². The minimum absolute atomic E-state index is 0. The van der Waals surface area contributed by atoms with Crippen LogP contribution in [0.3, 0.4) is 0 Å². The van der Waals surface area contributed by atoms with E-state index < -0.39 is 16.5 Å². The molecule has 0 aliphatic carbocycles. The summed E-state index contributed by atoms with van der Waals surface area (Å²) in [6, 6.07) is 1.90. The van der Waals surface area contributed by atoms with Gasteiger partial charge in [-0.05, 0) is 6.07 Å². The van der Waals surface area contributed by atoms with Crippen molar-refractivity contribution in [2.75, 3.05) is 4.23 Å². The Hall–Kier alpha value is -0.596. The van der Waals surface area contributed by atoms with Gasteiger partial charge in [-0.3, -0.25) is 4.98 Å². The maximum atomic E-state index is 11.3. The molecule has 0 aliphatic heterocycles. The van der Waals surface area contributed by atoms with Crippen LogP contribution >= 0.6 is 12.4 Å². The minimum Gasteiger partial charge on any atom is -0.411 e. The number of anilines is 1. The highest BCUT2D eigenvalue weighted by molar-refractivity contribution is 6.99. The topological polar surface area (TPSA) is 49.0 Å². The predicted octanol–water partition coefficient (Wildman–Crippen LogP) is 2.67. The molecular weight excluding hydrogens is 270 g/mol. The molecule has 0 radical (unpaired) electrons. The molecule has 17 heavy (non-hydrogen) atoms. The smallest absolute Gasteiger partial charge is 0.346 e. The van der Waals surface area contributed by atoms with E-state index in [1.165, 1.54) is 0 Å². The Balaban J connectivity index is 0.00000256. The van der Waals surface area contributed by atoms with E-state index >= 15 is 0 Å². The Morgan fingerprint density at radius 1 is 1.12 bits per heavy atom. The van der Waals surface area contributed by atoms with E-state index in [0.717, 1.165) is 5.82 Å². The second-order valence-electron chi connectivity index (χ2n) is 5.94. The summed E-state index contributed by atoms with van der Waals surface area (Å²) in [4.78, 5) is 17.8. The van der Waals surface area contributed by atoms with Crippen LogP contribution in [0.15, 0.2) is 17.1 Å². The van der Waals surface area contributed by atoms with Gasteiger partial charge >= 0.3 is 5.69 Å². The third-order valence-corrected chi connectivity index (χ3v) is 9.43. The van der Waals surface area contributed by atoms with E-state index in [1.807, 2.05) is 6.07 Å². The van der Waals surface area contributed by atoms with E-state index in [1.54, 1.807) is 6.20 Å². The van der Waals surface area contributed by atoms with Crippen LogP contribution in [0, 0.1) is 0 Å². The van der Waals surface area contributed by atoms with E-state index in [9.17, 15) is 4.79 Å². The summed E-state index contributed by atoms with van der Waals surface area (Å²) < 4.78 is 2.46. The van der Waals surface area contributed by atoms with Crippen LogP contribution in [0.4, 0.5) is 5.82 Å². The zero-order chi connectivity index (χ0) is 12.6. The van der Waals surface area contributed by atoms with Gasteiger partial charge < -0.3 is 4.23 Å². The fourth-order valence-corrected chi connectivity index (χ4v) is 12.0. The molecule has 4 nitrogen and oxygen atoms in total. The molecule has 0 bridgehead atoms. The Labute approximate surface area is 111 Å². The first-order chi connectivity index (χ1) is 7.12. The summed E-state index contributed by atoms with van der Waals surface area (Å²) in [5.41, 5.74) is -0.265. The van der Waals surface area contributed by atoms with Gasteiger partial charge in [-0.15, -0.1) is 12.4 Å². The standard InChI is InChI=1S/C10H21N3OSi2.ClH/c1-15(2,3)13(16(4,5)6)9-7-8-11-10(14)12-9;/h7-8H,1-6H3,(H,11,12,14);1H. The lowest BCUT2D eigenvalue weighted by atomic mass is 10.6. The average Bonchev–Trinajstić information content (AvgIpc) is 1.97. The van der Waals surface area contributed by atoms with Crippen molar-refractivity contribution < 1.29 is 0 Å². The van der Waals surface area contributed by atoms with Crippen LogP contribution in [0.5, 0.6) is 0 Å². The highest BCUT2D eigenvalue weighted by Crippen LogP contribution is 2.25. The number of aromatic amines is 1. The van der Waals surface area contributed by atoms with E-state index in [2.05, 4.69) is 53.5 Å². The van der Waals surface area contributed by atoms with Gasteiger partial charge in [0.1, 0.15) is 16.5 Å². The highest BCUT2D eigenvalue weighted by Gasteiger charge is 2.35. The number of nitrogens with zero attached hydrogens (tertiary/aromatic N) is 2. The van der Waals surface area contributed by atoms with Crippen molar-refractivity contribution in [3.8, 4) is 0 Å². The fraction of sp³-hybridized carbons (Fsp3) is 0.600. The normalized spacial score (nSPS) is 11.9. The molecule has 0 saturated carbocycles. The maximum absolute atomic E-state index is 11.3. The van der Waals surface area contributed by atoms with Gasteiger partial charge in [0.25, 0.3) is 0 Å². The molecule has 0 spiro atoms. The lowest BCUT2D eigenvalue weighted by molar-refractivity contribution is 1.06. The summed E-state index contributed by atoms with van der Waals surface area (Å²) in [6.07, 6.45) is 1.58. The van der Waals surface area contributed by atoms with Crippen molar-refractivity contribution in [1.29, 1.82) is 0 Å². The zero-order valence-corrected chi connectivity index (χ0v) is 14.2. The molecule has 1 rings (SSSR count). The molecule has 1 N–H and O–H groups in total. The molecule has 7 heteroatoms. The number of H-pyrrole nitrogens is 1. The first kappa shape index (κ1) is 16.4. The van der Waals surface area contributed by atoms with Gasteiger partial charge in [-0.25, -0.2) is 9.78 Å². The third kappa shape index (κ3) is 4.29. The van der Waals surface area contributed by atoms with E-state index in [0.29, 0.717) is 0 Å². The van der Waals surface area contributed by atoms with Crippen molar-refractivity contribution in [2.45, 2.75) is 39.3 Å². The first-order valence-electron chi connectivity index (χ1n) is 5.48. The summed E-state index contributed by atoms with van der Waals surface area (Å²) in [6.45, 7) is 13.8. The molecule has 98 valence electrons. The molecule has 0 aromatic carbocycles. The van der Waals surface area contributed by atoms with Gasteiger partial charge in [0, 0.05) is 6.20 Å². The maximum Gasteiger partial charge on any atom is 0.346 e. The molecule has 0 unspecified atom stereocenters. The summed E-state index contributed by atoms with van der Waals surface area (Å²) in [5.74, 6) is 0.929. The molecular formula is C10H22ClN3OSi2. The number of rotatable bonds is 3. The fourth-order valence-electron chi connectivity index (χ4n) is 2.22. The van der Waals surface area contributed by atoms with Crippen molar-refractivity contribution in [1.82, 2.24) is 9.97 Å². The number of hydrogen-bond acceptors (Lipinski definition) is 3. The van der Waals surface area contributed by atoms with Crippen molar-refractivity contribution in [3.05, 3.63) is 22.7 Å². The van der Waals surface area contributed by atoms with Crippen LogP contribution in [0.1, 0.15) is 0 Å². The third-order valence-electron chi connectivity index (χ3n) is 2.24. The Morgan fingerprint density at radius 2 is 1.59 bits per heavy atom. The van der Waals surface area contributed by atoms with Crippen LogP contribution < -0.4 is 9.92 Å². The van der Waals surface area contributed by atoms with Crippen molar-refractivity contribution in [2.24, 2.45) is 0 Å². The summed E-state index contributed by atoms with van der Waals surface area (Å²) in [7, 11) is -2.98. The van der Waals surface area contributed by atoms with Crippen LogP contribution in [0.2, 0.25) is 39.3 Å². The average molecular weight is 292 g/mol. The van der Waals surface area contributed by atoms with E-state index in [4.69, 9.17) is 0 Å². The van der Waals surface area contributed by atoms with E-state index in [-0.39, 0.29) is 18.1 Å². The summed E-state index contributed by atoms with van der Waals surface area (Å²) in [5, 5.41) is 0. The van der Waals surface area contributed by atoms with Crippen LogP contribution in [-0.4, -0.2) is 26.4 Å². The first-order valence-corrected chi connectivity index (χ1v) is 12.4. The molecule has 0 atom stereocenters. The second-order valence-corrected chi connectivity index (χ2v) is 16.0. The monoisotopic (exact) mass is 291 g/mol. The van der Waals surface area contributed by atoms with Crippen molar-refractivity contribution >= 4 is 34.7 Å². The Morgan fingerprint density at radius 3 is 1.94 bits per heavy atom. The number of nitrogens with one attached hydrogen (secondary N) is 1. The van der Waals surface area contributed by atoms with Gasteiger partial charge in [0.05, 0.1) is 5.82 Å². The molecule has 0 amide bonds. The van der Waals surface area contributed by atoms with Gasteiger partial charge in [0.2, 0.25) is 0 Å². The Kier molecular flexibility index (Phi) is 5.18. The molecule has 1 aromatic heterocycles. The number of hydrogen-bond donors (Lipinski definition) is 1. The lowest BCUT2D eigenvalue weighted by Gasteiger charge is -2.45. The summed E-state index contributed by atoms with van der Waals surface area (Å²) >= 11 is 0. The Bertz CT molecular complexity index is 409. The van der Waals surface area contributed by atoms with Crippen LogP contribution in [-0.2, 0) is 0 Å².